The molecule has 0 saturated heterocycles. The zero-order chi connectivity index (χ0) is 11.4. The van der Waals surface area contributed by atoms with Crippen LogP contribution in [0.4, 0.5) is 0 Å². The van der Waals surface area contributed by atoms with Gasteiger partial charge in [-0.3, -0.25) is 4.79 Å². The van der Waals surface area contributed by atoms with Crippen LogP contribution in [0.2, 0.25) is 0 Å². The first-order valence-electron chi connectivity index (χ1n) is 4.96. The monoisotopic (exact) mass is 242 g/mol. The highest BCUT2D eigenvalue weighted by molar-refractivity contribution is 6.44. The summed E-state index contributed by atoms with van der Waals surface area (Å²) in [6, 6.07) is 0. The van der Waals surface area contributed by atoms with Gasteiger partial charge in [-0.15, -0.1) is 23.2 Å². The minimum atomic E-state index is -0.211. The van der Waals surface area contributed by atoms with Crippen LogP contribution in [-0.2, 0) is 9.53 Å². The zero-order valence-electron chi connectivity index (χ0n) is 9.19. The number of hydrogen-bond donors (Lipinski definition) is 0. The first-order valence-corrected chi connectivity index (χ1v) is 5.83. The van der Waals surface area contributed by atoms with E-state index in [2.05, 4.69) is 11.7 Å². The van der Waals surface area contributed by atoms with Gasteiger partial charge in [-0.2, -0.15) is 0 Å². The lowest BCUT2D eigenvalue weighted by Crippen LogP contribution is -1.95. The van der Waals surface area contributed by atoms with Crippen LogP contribution in [0.25, 0.3) is 0 Å². The van der Waals surface area contributed by atoms with Gasteiger partial charge in [-0.05, 0) is 13.3 Å². The first-order chi connectivity index (χ1) is 6.54. The third kappa shape index (κ3) is 22.7. The van der Waals surface area contributed by atoms with Gasteiger partial charge in [-0.25, -0.2) is 0 Å². The molecular weight excluding hydrogens is 223 g/mol. The summed E-state index contributed by atoms with van der Waals surface area (Å²) in [6.07, 6.45) is 4.58. The van der Waals surface area contributed by atoms with Crippen molar-refractivity contribution in [2.75, 3.05) is 6.61 Å². The molecule has 0 aromatic rings. The number of halogens is 2. The summed E-state index contributed by atoms with van der Waals surface area (Å²) in [5, 5.41) is 0. The molecule has 86 valence electrons. The summed E-state index contributed by atoms with van der Waals surface area (Å²) >= 11 is 11.0. The molecule has 0 saturated carbocycles. The molecule has 0 N–H and O–H groups in total. The lowest BCUT2D eigenvalue weighted by Gasteiger charge is -1.96. The number of carbonyl (C=O) groups excluding carboxylic acids is 1. The second kappa shape index (κ2) is 13.1. The van der Waals surface area contributed by atoms with Crippen molar-refractivity contribution in [2.45, 2.75) is 51.3 Å². The van der Waals surface area contributed by atoms with Gasteiger partial charge in [0, 0.05) is 6.92 Å². The molecular formula is C10H20Cl2O2. The molecule has 14 heavy (non-hydrogen) atoms. The highest BCUT2D eigenvalue weighted by Gasteiger charge is 1.95. The number of unbranched alkanes of at least 4 members (excludes halogenated alkanes) is 2. The maximum atomic E-state index is 9.82. The fraction of sp³-hybridized carbons (Fsp3) is 0.900. The average Bonchev–Trinajstić information content (AvgIpc) is 2.05. The van der Waals surface area contributed by atoms with Crippen molar-refractivity contribution in [2.24, 2.45) is 0 Å². The summed E-state index contributed by atoms with van der Waals surface area (Å²) in [7, 11) is 0. The van der Waals surface area contributed by atoms with Crippen LogP contribution in [0, 0.1) is 0 Å². The van der Waals surface area contributed by atoms with Crippen molar-refractivity contribution in [3.63, 3.8) is 0 Å². The predicted molar refractivity (Wildman–Crippen MR) is 61.9 cm³/mol. The van der Waals surface area contributed by atoms with Crippen LogP contribution in [0.5, 0.6) is 0 Å². The molecule has 0 bridgehead atoms. The Morgan fingerprint density at radius 2 is 1.86 bits per heavy atom. The van der Waals surface area contributed by atoms with E-state index in [4.69, 9.17) is 23.2 Å². The Morgan fingerprint density at radius 3 is 2.07 bits per heavy atom. The highest BCUT2D eigenvalue weighted by Crippen LogP contribution is 2.11. The molecule has 0 aromatic heterocycles. The molecule has 0 aliphatic rings. The number of ether oxygens (including phenoxy) is 1. The van der Waals surface area contributed by atoms with E-state index in [1.54, 1.807) is 6.92 Å². The van der Waals surface area contributed by atoms with Crippen molar-refractivity contribution in [1.29, 1.82) is 0 Å². The molecule has 0 aliphatic carbocycles. The molecule has 0 amide bonds. The maximum Gasteiger partial charge on any atom is 0.302 e. The van der Waals surface area contributed by atoms with E-state index < -0.39 is 0 Å². The smallest absolute Gasteiger partial charge is 0.302 e. The van der Waals surface area contributed by atoms with E-state index in [1.807, 2.05) is 0 Å². The van der Waals surface area contributed by atoms with Gasteiger partial charge in [-0.1, -0.05) is 26.2 Å². The van der Waals surface area contributed by atoms with Crippen molar-refractivity contribution >= 4 is 29.2 Å². The Balaban J connectivity index is 0. The summed E-state index contributed by atoms with van der Waals surface area (Å²) < 4.78 is 4.40. The molecule has 0 aromatic carbocycles. The molecule has 0 radical (unpaired) electrons. The molecule has 0 fully saturated rings. The van der Waals surface area contributed by atoms with E-state index in [0.29, 0.717) is 6.61 Å². The average molecular weight is 243 g/mol. The first kappa shape index (κ1) is 16.5. The van der Waals surface area contributed by atoms with Crippen molar-refractivity contribution in [3.8, 4) is 0 Å². The molecule has 0 rings (SSSR count). The second-order valence-corrected chi connectivity index (χ2v) is 4.09. The molecule has 0 heterocycles. The SMILES string of the molecule is CCCCCC(Cl)Cl.CCOC(C)=O. The van der Waals surface area contributed by atoms with Gasteiger partial charge in [0.05, 0.1) is 6.61 Å². The predicted octanol–water partition coefficient (Wildman–Crippen LogP) is 3.94. The molecule has 0 spiro atoms. The molecule has 0 unspecified atom stereocenters. The summed E-state index contributed by atoms with van der Waals surface area (Å²) in [5.41, 5.74) is 0. The van der Waals surface area contributed by atoms with E-state index in [-0.39, 0.29) is 10.8 Å². The van der Waals surface area contributed by atoms with Crippen molar-refractivity contribution < 1.29 is 9.53 Å². The fourth-order valence-corrected chi connectivity index (χ4v) is 1.06. The molecule has 4 heteroatoms. The number of rotatable bonds is 5. The number of carbonyl (C=O) groups is 1. The Labute approximate surface area is 96.9 Å². The Kier molecular flexibility index (Phi) is 15.4. The van der Waals surface area contributed by atoms with Gasteiger partial charge in [0.15, 0.2) is 0 Å². The summed E-state index contributed by atoms with van der Waals surface area (Å²) in [6.45, 7) is 5.82. The largest absolute Gasteiger partial charge is 0.466 e. The Morgan fingerprint density at radius 1 is 1.29 bits per heavy atom. The van der Waals surface area contributed by atoms with Gasteiger partial charge in [0.25, 0.3) is 0 Å². The van der Waals surface area contributed by atoms with Crippen LogP contribution < -0.4 is 0 Å². The van der Waals surface area contributed by atoms with Crippen LogP contribution in [0.1, 0.15) is 46.5 Å². The minimum absolute atomic E-state index is 0.151. The molecule has 2 nitrogen and oxygen atoms in total. The third-order valence-corrected chi connectivity index (χ3v) is 1.81. The normalized spacial score (nSPS) is 9.29. The Hall–Kier alpha value is 0.0500. The summed E-state index contributed by atoms with van der Waals surface area (Å²) in [4.78, 5) is 9.67. The molecule has 0 aliphatic heterocycles. The Bertz CT molecular complexity index is 127. The number of hydrogen-bond acceptors (Lipinski definition) is 2. The van der Waals surface area contributed by atoms with Gasteiger partial charge < -0.3 is 4.74 Å². The van der Waals surface area contributed by atoms with Crippen molar-refractivity contribution in [1.82, 2.24) is 0 Å². The maximum absolute atomic E-state index is 9.82. The topological polar surface area (TPSA) is 26.3 Å². The van der Waals surface area contributed by atoms with Gasteiger partial charge >= 0.3 is 5.97 Å². The highest BCUT2D eigenvalue weighted by atomic mass is 35.5. The van der Waals surface area contributed by atoms with Crippen LogP contribution in [-0.4, -0.2) is 17.4 Å². The van der Waals surface area contributed by atoms with E-state index in [1.165, 1.54) is 19.8 Å². The van der Waals surface area contributed by atoms with Crippen LogP contribution in [0.15, 0.2) is 0 Å². The quantitative estimate of drug-likeness (QED) is 0.415. The lowest BCUT2D eigenvalue weighted by atomic mass is 10.2. The fourth-order valence-electron chi connectivity index (χ4n) is 0.752. The van der Waals surface area contributed by atoms with Gasteiger partial charge in [0.1, 0.15) is 4.84 Å². The number of alkyl halides is 2. The van der Waals surface area contributed by atoms with E-state index >= 15 is 0 Å². The summed E-state index contributed by atoms with van der Waals surface area (Å²) in [5.74, 6) is -0.211. The number of esters is 1. The zero-order valence-corrected chi connectivity index (χ0v) is 10.7. The minimum Gasteiger partial charge on any atom is -0.466 e. The van der Waals surface area contributed by atoms with Crippen molar-refractivity contribution in [3.05, 3.63) is 0 Å². The molecule has 0 atom stereocenters. The third-order valence-electron chi connectivity index (χ3n) is 1.37. The van der Waals surface area contributed by atoms with E-state index in [0.717, 1.165) is 12.8 Å². The van der Waals surface area contributed by atoms with Crippen LogP contribution >= 0.6 is 23.2 Å². The standard InChI is InChI=1S/C6H12Cl2.C4H8O2/c1-2-3-4-5-6(7)8;1-3-6-4(2)5/h6H,2-5H2,1H3;3H2,1-2H3. The van der Waals surface area contributed by atoms with E-state index in [9.17, 15) is 4.79 Å². The van der Waals surface area contributed by atoms with Crippen LogP contribution in [0.3, 0.4) is 0 Å². The van der Waals surface area contributed by atoms with Gasteiger partial charge in [0.2, 0.25) is 0 Å². The lowest BCUT2D eigenvalue weighted by molar-refractivity contribution is -0.140. The second-order valence-electron chi connectivity index (χ2n) is 2.81.